The molecule has 144 valence electrons. The zero-order chi connectivity index (χ0) is 18.5. The van der Waals surface area contributed by atoms with E-state index in [1.165, 1.54) is 6.08 Å². The molecule has 0 amide bonds. The smallest absolute Gasteiger partial charge is 0.336 e. The van der Waals surface area contributed by atoms with Crippen LogP contribution in [0.25, 0.3) is 0 Å². The summed E-state index contributed by atoms with van der Waals surface area (Å²) in [4.78, 5) is 0. The highest BCUT2D eigenvalue weighted by Gasteiger charge is 2.65. The quantitative estimate of drug-likeness (QED) is 0.663. The van der Waals surface area contributed by atoms with E-state index >= 15 is 0 Å². The fourth-order valence-corrected chi connectivity index (χ4v) is 4.03. The van der Waals surface area contributed by atoms with Crippen molar-refractivity contribution >= 4 is 10.3 Å². The van der Waals surface area contributed by atoms with Crippen LogP contribution in [0.1, 0.15) is 27.7 Å². The summed E-state index contributed by atoms with van der Waals surface area (Å²) in [6.07, 6.45) is -0.0787. The summed E-state index contributed by atoms with van der Waals surface area (Å²) in [5, 5.41) is 0. The molecule has 0 aromatic heterocycles. The minimum Gasteiger partial charge on any atom is -0.343 e. The summed E-state index contributed by atoms with van der Waals surface area (Å²) in [6.45, 7) is 10.3. The summed E-state index contributed by atoms with van der Waals surface area (Å²) in [6, 6.07) is 0. The Morgan fingerprint density at radius 3 is 2.60 bits per heavy atom. The van der Waals surface area contributed by atoms with E-state index < -0.39 is 39.9 Å². The zero-order valence-corrected chi connectivity index (χ0v) is 15.6. The molecule has 0 bridgehead atoms. The third kappa shape index (κ3) is 3.91. The van der Waals surface area contributed by atoms with E-state index in [-0.39, 0.29) is 25.9 Å². The van der Waals surface area contributed by atoms with Crippen molar-refractivity contribution in [2.45, 2.75) is 63.4 Å². The third-order valence-corrected chi connectivity index (χ3v) is 5.04. The third-order valence-electron chi connectivity index (χ3n) is 4.09. The van der Waals surface area contributed by atoms with Gasteiger partial charge in [0.15, 0.2) is 11.6 Å². The molecule has 0 saturated carbocycles. The van der Waals surface area contributed by atoms with Gasteiger partial charge in [-0.1, -0.05) is 6.08 Å². The lowest BCUT2D eigenvalue weighted by Crippen LogP contribution is -2.60. The molecule has 0 aromatic rings. The van der Waals surface area contributed by atoms with E-state index in [1.54, 1.807) is 27.7 Å². The van der Waals surface area contributed by atoms with Gasteiger partial charge in [0.25, 0.3) is 0 Å². The minimum atomic E-state index is -3.98. The SMILES string of the molecule is C=CCNS(=O)(=O)OC[C@@]12OC[C@H]3OC(C)(C)OC3[C@@H]1OC(C)(C)O2. The van der Waals surface area contributed by atoms with E-state index in [2.05, 4.69) is 11.3 Å². The number of hydrogen-bond donors (Lipinski definition) is 1. The molecule has 3 saturated heterocycles. The molecular formula is C15H25NO8S. The summed E-state index contributed by atoms with van der Waals surface area (Å²) in [5.41, 5.74) is 0. The number of ether oxygens (including phenoxy) is 5. The molecule has 3 fully saturated rings. The van der Waals surface area contributed by atoms with Crippen molar-refractivity contribution in [3.05, 3.63) is 12.7 Å². The van der Waals surface area contributed by atoms with Crippen LogP contribution >= 0.6 is 0 Å². The van der Waals surface area contributed by atoms with Crippen LogP contribution in [-0.2, 0) is 38.2 Å². The highest BCUT2D eigenvalue weighted by atomic mass is 32.2. The van der Waals surface area contributed by atoms with Crippen LogP contribution in [0.2, 0.25) is 0 Å². The van der Waals surface area contributed by atoms with Gasteiger partial charge in [-0.15, -0.1) is 6.58 Å². The van der Waals surface area contributed by atoms with Gasteiger partial charge in [-0.25, -0.2) is 0 Å². The Bertz CT molecular complexity index is 633. The van der Waals surface area contributed by atoms with Crippen LogP contribution in [0.3, 0.4) is 0 Å². The second-order valence-electron chi connectivity index (χ2n) is 7.16. The van der Waals surface area contributed by atoms with Crippen molar-refractivity contribution in [3.63, 3.8) is 0 Å². The van der Waals surface area contributed by atoms with Gasteiger partial charge in [0.1, 0.15) is 24.9 Å². The van der Waals surface area contributed by atoms with Crippen molar-refractivity contribution in [3.8, 4) is 0 Å². The predicted molar refractivity (Wildman–Crippen MR) is 85.6 cm³/mol. The molecule has 3 rings (SSSR count). The van der Waals surface area contributed by atoms with Gasteiger partial charge in [-0.2, -0.15) is 13.1 Å². The lowest BCUT2D eigenvalue weighted by atomic mass is 9.98. The molecule has 1 unspecified atom stereocenters. The van der Waals surface area contributed by atoms with Crippen LogP contribution in [-0.4, -0.2) is 63.8 Å². The molecule has 3 aliphatic rings. The minimum absolute atomic E-state index is 0.0539. The first kappa shape index (κ1) is 19.2. The van der Waals surface area contributed by atoms with Crippen molar-refractivity contribution in [2.24, 2.45) is 0 Å². The maximum atomic E-state index is 11.9. The van der Waals surface area contributed by atoms with Crippen LogP contribution in [0.15, 0.2) is 12.7 Å². The van der Waals surface area contributed by atoms with E-state index in [9.17, 15) is 8.42 Å². The molecule has 1 N–H and O–H groups in total. The lowest BCUT2D eigenvalue weighted by Gasteiger charge is -2.40. The van der Waals surface area contributed by atoms with E-state index in [4.69, 9.17) is 27.9 Å². The van der Waals surface area contributed by atoms with Crippen LogP contribution in [0.5, 0.6) is 0 Å². The van der Waals surface area contributed by atoms with Gasteiger partial charge in [0.2, 0.25) is 5.79 Å². The van der Waals surface area contributed by atoms with Crippen molar-refractivity contribution in [2.75, 3.05) is 19.8 Å². The number of hydrogen-bond acceptors (Lipinski definition) is 8. The average molecular weight is 379 g/mol. The Morgan fingerprint density at radius 1 is 1.20 bits per heavy atom. The molecular weight excluding hydrogens is 354 g/mol. The van der Waals surface area contributed by atoms with E-state index in [1.807, 2.05) is 0 Å². The highest BCUT2D eigenvalue weighted by molar-refractivity contribution is 7.84. The van der Waals surface area contributed by atoms with Crippen LogP contribution < -0.4 is 4.72 Å². The summed E-state index contributed by atoms with van der Waals surface area (Å²) in [5.74, 6) is -3.18. The Morgan fingerprint density at radius 2 is 1.92 bits per heavy atom. The standard InChI is InChI=1S/C15H25NO8S/c1-6-7-16-25(17,18)20-9-15-12(23-14(4,5)24-15)11-10(8-19-15)21-13(2,3)22-11/h6,10-12,16H,1,7-9H2,2-5H3/t10-,11?,12+,15+/m1/s1. The van der Waals surface area contributed by atoms with Gasteiger partial charge in [-0.3, -0.25) is 4.18 Å². The molecule has 0 aliphatic carbocycles. The Balaban J connectivity index is 1.79. The largest absolute Gasteiger partial charge is 0.343 e. The number of rotatable bonds is 6. The molecule has 0 radical (unpaired) electrons. The van der Waals surface area contributed by atoms with Gasteiger partial charge >= 0.3 is 10.3 Å². The molecule has 4 atom stereocenters. The van der Waals surface area contributed by atoms with Crippen molar-refractivity contribution < 1.29 is 36.3 Å². The first-order valence-electron chi connectivity index (χ1n) is 8.10. The van der Waals surface area contributed by atoms with Gasteiger partial charge < -0.3 is 23.7 Å². The van der Waals surface area contributed by atoms with Crippen LogP contribution in [0.4, 0.5) is 0 Å². The van der Waals surface area contributed by atoms with Crippen LogP contribution in [0, 0.1) is 0 Å². The number of nitrogens with one attached hydrogen (secondary N) is 1. The molecule has 25 heavy (non-hydrogen) atoms. The van der Waals surface area contributed by atoms with E-state index in [0.717, 1.165) is 0 Å². The zero-order valence-electron chi connectivity index (χ0n) is 14.8. The second-order valence-corrected chi connectivity index (χ2v) is 8.59. The lowest BCUT2D eigenvalue weighted by molar-refractivity contribution is -0.290. The predicted octanol–water partition coefficient (Wildman–Crippen LogP) is 0.422. The highest BCUT2D eigenvalue weighted by Crippen LogP contribution is 2.47. The molecule has 0 spiro atoms. The molecule has 10 heteroatoms. The first-order chi connectivity index (χ1) is 11.5. The Hall–Kier alpha value is -0.590. The summed E-state index contributed by atoms with van der Waals surface area (Å²) < 4.78 is 60.6. The molecule has 3 heterocycles. The van der Waals surface area contributed by atoms with Gasteiger partial charge in [0, 0.05) is 6.54 Å². The Kier molecular flexibility index (Phi) is 4.79. The normalized spacial score (nSPS) is 39.0. The fourth-order valence-electron chi connectivity index (χ4n) is 3.31. The van der Waals surface area contributed by atoms with E-state index in [0.29, 0.717) is 0 Å². The maximum absolute atomic E-state index is 11.9. The monoisotopic (exact) mass is 379 g/mol. The fraction of sp³-hybridized carbons (Fsp3) is 0.867. The maximum Gasteiger partial charge on any atom is 0.336 e. The topological polar surface area (TPSA) is 102 Å². The average Bonchev–Trinajstić information content (AvgIpc) is 2.95. The molecule has 0 aromatic carbocycles. The second kappa shape index (κ2) is 6.24. The van der Waals surface area contributed by atoms with Crippen molar-refractivity contribution in [1.29, 1.82) is 0 Å². The number of fused-ring (bicyclic) bond motifs is 3. The Labute approximate surface area is 147 Å². The first-order valence-corrected chi connectivity index (χ1v) is 9.51. The molecule has 3 aliphatic heterocycles. The summed E-state index contributed by atoms with van der Waals surface area (Å²) in [7, 11) is -3.98. The molecule has 9 nitrogen and oxygen atoms in total. The summed E-state index contributed by atoms with van der Waals surface area (Å²) >= 11 is 0. The van der Waals surface area contributed by atoms with Crippen molar-refractivity contribution in [1.82, 2.24) is 4.72 Å². The van der Waals surface area contributed by atoms with Gasteiger partial charge in [-0.05, 0) is 27.7 Å². The van der Waals surface area contributed by atoms with Gasteiger partial charge in [0.05, 0.1) is 6.61 Å².